The quantitative estimate of drug-likeness (QED) is 0.761. The number of piperazine rings is 1. The molecule has 0 amide bonds. The molecule has 108 valence electrons. The largest absolute Gasteiger partial charge is 0.373 e. The Morgan fingerprint density at radius 1 is 1.40 bits per heavy atom. The Bertz CT molecular complexity index is 437. The molecule has 0 spiro atoms. The van der Waals surface area contributed by atoms with Crippen LogP contribution in [0.1, 0.15) is 12.0 Å². The number of aromatic nitrogens is 1. The molecule has 2 atom stereocenters. The zero-order valence-corrected chi connectivity index (χ0v) is 11.9. The van der Waals surface area contributed by atoms with Crippen LogP contribution < -0.4 is 0 Å². The monoisotopic (exact) mass is 273 g/mol. The van der Waals surface area contributed by atoms with Gasteiger partial charge in [-0.15, -0.1) is 6.58 Å². The minimum atomic E-state index is 0.386. The van der Waals surface area contributed by atoms with E-state index in [1.54, 1.807) is 0 Å². The molecular weight excluding hydrogens is 250 g/mol. The Morgan fingerprint density at radius 2 is 2.35 bits per heavy atom. The zero-order chi connectivity index (χ0) is 13.8. The van der Waals surface area contributed by atoms with E-state index in [0.717, 1.165) is 39.1 Å². The first-order valence-electron chi connectivity index (χ1n) is 7.43. The number of rotatable bonds is 5. The lowest BCUT2D eigenvalue weighted by Crippen LogP contribution is -2.49. The maximum Gasteiger partial charge on any atom is 0.0721 e. The van der Waals surface area contributed by atoms with Crippen molar-refractivity contribution in [3.8, 4) is 0 Å². The van der Waals surface area contributed by atoms with Gasteiger partial charge in [-0.05, 0) is 18.1 Å². The topological polar surface area (TPSA) is 28.6 Å². The number of hydrogen-bond acceptors (Lipinski definition) is 4. The van der Waals surface area contributed by atoms with Gasteiger partial charge in [-0.2, -0.15) is 0 Å². The molecule has 20 heavy (non-hydrogen) atoms. The minimum absolute atomic E-state index is 0.386. The van der Waals surface area contributed by atoms with E-state index in [1.165, 1.54) is 5.56 Å². The van der Waals surface area contributed by atoms with E-state index in [-0.39, 0.29) is 0 Å². The molecule has 2 saturated heterocycles. The van der Waals surface area contributed by atoms with Gasteiger partial charge >= 0.3 is 0 Å². The predicted octanol–water partition coefficient (Wildman–Crippen LogP) is 1.54. The smallest absolute Gasteiger partial charge is 0.0721 e. The van der Waals surface area contributed by atoms with Crippen molar-refractivity contribution in [1.82, 2.24) is 14.8 Å². The van der Waals surface area contributed by atoms with Gasteiger partial charge in [0.25, 0.3) is 0 Å². The molecule has 0 aliphatic carbocycles. The molecule has 0 N–H and O–H groups in total. The maximum atomic E-state index is 5.81. The van der Waals surface area contributed by atoms with Crippen molar-refractivity contribution in [1.29, 1.82) is 0 Å². The molecule has 0 aromatic carbocycles. The van der Waals surface area contributed by atoms with Gasteiger partial charge in [0.15, 0.2) is 0 Å². The van der Waals surface area contributed by atoms with Gasteiger partial charge in [0.05, 0.1) is 12.7 Å². The van der Waals surface area contributed by atoms with Gasteiger partial charge in [0.1, 0.15) is 0 Å². The summed E-state index contributed by atoms with van der Waals surface area (Å²) in [5, 5.41) is 0. The van der Waals surface area contributed by atoms with Crippen LogP contribution in [0.25, 0.3) is 0 Å². The number of pyridine rings is 1. The fraction of sp³-hybridized carbons (Fsp3) is 0.562. The third-order valence-electron chi connectivity index (χ3n) is 4.24. The Hall–Kier alpha value is -1.23. The fourth-order valence-corrected chi connectivity index (χ4v) is 3.28. The zero-order valence-electron chi connectivity index (χ0n) is 11.9. The van der Waals surface area contributed by atoms with Gasteiger partial charge in [-0.3, -0.25) is 14.8 Å². The van der Waals surface area contributed by atoms with Gasteiger partial charge in [-0.25, -0.2) is 0 Å². The highest BCUT2D eigenvalue weighted by molar-refractivity contribution is 5.08. The standard InChI is InChI=1S/C16H23N3O/c1-2-8-20-16-9-15-12-18(6-7-19(15)13-16)11-14-4-3-5-17-10-14/h2-5,10,15-16H,1,6-9,11-13H2/t15-,16+/m1/s1. The van der Waals surface area contributed by atoms with Crippen LogP contribution in [0.3, 0.4) is 0 Å². The molecule has 4 nitrogen and oxygen atoms in total. The van der Waals surface area contributed by atoms with E-state index in [4.69, 9.17) is 4.74 Å². The molecule has 3 heterocycles. The molecule has 0 radical (unpaired) electrons. The summed E-state index contributed by atoms with van der Waals surface area (Å²) < 4.78 is 5.81. The SMILES string of the molecule is C=CCO[C@H]1C[C@@H]2CN(Cc3cccnc3)CCN2C1. The third kappa shape index (κ3) is 3.26. The average Bonchev–Trinajstić information content (AvgIpc) is 2.88. The lowest BCUT2D eigenvalue weighted by molar-refractivity contribution is 0.0758. The fourth-order valence-electron chi connectivity index (χ4n) is 3.28. The lowest BCUT2D eigenvalue weighted by atomic mass is 10.1. The van der Waals surface area contributed by atoms with Crippen molar-refractivity contribution >= 4 is 0 Å². The van der Waals surface area contributed by atoms with E-state index in [0.29, 0.717) is 18.8 Å². The van der Waals surface area contributed by atoms with Crippen molar-refractivity contribution in [3.63, 3.8) is 0 Å². The molecule has 2 aliphatic heterocycles. The normalized spacial score (nSPS) is 27.4. The second-order valence-electron chi connectivity index (χ2n) is 5.72. The van der Waals surface area contributed by atoms with Crippen LogP contribution >= 0.6 is 0 Å². The van der Waals surface area contributed by atoms with Crippen molar-refractivity contribution in [2.75, 3.05) is 32.8 Å². The predicted molar refractivity (Wildman–Crippen MR) is 79.4 cm³/mol. The number of ether oxygens (including phenoxy) is 1. The van der Waals surface area contributed by atoms with Crippen LogP contribution in [0.4, 0.5) is 0 Å². The Labute approximate surface area is 121 Å². The van der Waals surface area contributed by atoms with E-state index >= 15 is 0 Å². The maximum absolute atomic E-state index is 5.81. The van der Waals surface area contributed by atoms with Crippen molar-refractivity contribution in [2.45, 2.75) is 25.1 Å². The van der Waals surface area contributed by atoms with Crippen LogP contribution in [-0.4, -0.2) is 59.7 Å². The first kappa shape index (κ1) is 13.7. The molecule has 0 bridgehead atoms. The van der Waals surface area contributed by atoms with Crippen molar-refractivity contribution < 1.29 is 4.74 Å². The van der Waals surface area contributed by atoms with E-state index in [1.807, 2.05) is 24.5 Å². The summed E-state index contributed by atoms with van der Waals surface area (Å²) in [6.45, 7) is 9.91. The van der Waals surface area contributed by atoms with Crippen LogP contribution in [0, 0.1) is 0 Å². The van der Waals surface area contributed by atoms with E-state index in [9.17, 15) is 0 Å². The molecule has 1 aromatic rings. The molecule has 0 unspecified atom stereocenters. The molecular formula is C16H23N3O. The summed E-state index contributed by atoms with van der Waals surface area (Å²) >= 11 is 0. The molecule has 2 fully saturated rings. The van der Waals surface area contributed by atoms with Gasteiger partial charge in [0.2, 0.25) is 0 Å². The summed E-state index contributed by atoms with van der Waals surface area (Å²) in [5.74, 6) is 0. The molecule has 4 heteroatoms. The summed E-state index contributed by atoms with van der Waals surface area (Å²) in [5.41, 5.74) is 1.30. The first-order valence-corrected chi connectivity index (χ1v) is 7.43. The van der Waals surface area contributed by atoms with Gasteiger partial charge in [-0.1, -0.05) is 12.1 Å². The van der Waals surface area contributed by atoms with Crippen LogP contribution in [0.5, 0.6) is 0 Å². The van der Waals surface area contributed by atoms with Gasteiger partial charge in [0, 0.05) is 51.2 Å². The van der Waals surface area contributed by atoms with Crippen LogP contribution in [0.15, 0.2) is 37.2 Å². The molecule has 1 aromatic heterocycles. The summed E-state index contributed by atoms with van der Waals surface area (Å²) in [7, 11) is 0. The summed E-state index contributed by atoms with van der Waals surface area (Å²) in [6.07, 6.45) is 7.18. The lowest BCUT2D eigenvalue weighted by Gasteiger charge is -2.37. The van der Waals surface area contributed by atoms with Crippen LogP contribution in [0.2, 0.25) is 0 Å². The number of nitrogens with zero attached hydrogens (tertiary/aromatic N) is 3. The molecule has 3 rings (SSSR count). The van der Waals surface area contributed by atoms with E-state index < -0.39 is 0 Å². The number of hydrogen-bond donors (Lipinski definition) is 0. The van der Waals surface area contributed by atoms with E-state index in [2.05, 4.69) is 27.4 Å². The number of fused-ring (bicyclic) bond motifs is 1. The average molecular weight is 273 g/mol. The van der Waals surface area contributed by atoms with Crippen molar-refractivity contribution in [3.05, 3.63) is 42.7 Å². The Balaban J connectivity index is 1.52. The molecule has 2 aliphatic rings. The minimum Gasteiger partial charge on any atom is -0.373 e. The van der Waals surface area contributed by atoms with Gasteiger partial charge < -0.3 is 4.74 Å². The summed E-state index contributed by atoms with van der Waals surface area (Å²) in [6, 6.07) is 4.82. The highest BCUT2D eigenvalue weighted by Gasteiger charge is 2.36. The van der Waals surface area contributed by atoms with Crippen molar-refractivity contribution in [2.24, 2.45) is 0 Å². The summed E-state index contributed by atoms with van der Waals surface area (Å²) in [4.78, 5) is 9.31. The highest BCUT2D eigenvalue weighted by Crippen LogP contribution is 2.24. The molecule has 0 saturated carbocycles. The third-order valence-corrected chi connectivity index (χ3v) is 4.24. The Kier molecular flexibility index (Phi) is 4.45. The van der Waals surface area contributed by atoms with Crippen LogP contribution in [-0.2, 0) is 11.3 Å². The Morgan fingerprint density at radius 3 is 3.15 bits per heavy atom. The highest BCUT2D eigenvalue weighted by atomic mass is 16.5. The second kappa shape index (κ2) is 6.48. The second-order valence-corrected chi connectivity index (χ2v) is 5.72. The first-order chi connectivity index (χ1) is 9.85.